The highest BCUT2D eigenvalue weighted by Gasteiger charge is 2.50. The molecule has 5 heteroatoms. The lowest BCUT2D eigenvalue weighted by atomic mass is 9.95. The third-order valence-electron chi connectivity index (χ3n) is 3.49. The lowest BCUT2D eigenvalue weighted by Gasteiger charge is -2.24. The van der Waals surface area contributed by atoms with Gasteiger partial charge in [0, 0.05) is 6.26 Å². The van der Waals surface area contributed by atoms with Crippen molar-refractivity contribution in [1.82, 2.24) is 0 Å². The first-order valence-corrected chi connectivity index (χ1v) is 7.14. The molecule has 0 aromatic carbocycles. The van der Waals surface area contributed by atoms with E-state index >= 15 is 0 Å². The average molecular weight is 231 g/mol. The zero-order chi connectivity index (χ0) is 10.3. The van der Waals surface area contributed by atoms with Crippen LogP contribution in [0.5, 0.6) is 0 Å². The molecule has 0 N–H and O–H groups in total. The molecule has 0 aromatic heterocycles. The smallest absolute Gasteiger partial charge is 0.150 e. The Morgan fingerprint density at radius 3 is 2.57 bits per heavy atom. The summed E-state index contributed by atoms with van der Waals surface area (Å²) in [5, 5.41) is 2.20. The second-order valence-electron chi connectivity index (χ2n) is 4.39. The van der Waals surface area contributed by atoms with Gasteiger partial charge in [-0.15, -0.1) is 0 Å². The van der Waals surface area contributed by atoms with Crippen molar-refractivity contribution in [2.45, 2.75) is 30.6 Å². The molecule has 14 heavy (non-hydrogen) atoms. The van der Waals surface area contributed by atoms with E-state index in [1.165, 1.54) is 6.26 Å². The van der Waals surface area contributed by atoms with Crippen molar-refractivity contribution in [3.63, 3.8) is 0 Å². The molecule has 3 unspecified atom stereocenters. The van der Waals surface area contributed by atoms with Crippen LogP contribution in [0.25, 0.3) is 0 Å². The number of hydrogen-bond acceptors (Lipinski definition) is 4. The lowest BCUT2D eigenvalue weighted by Crippen LogP contribution is -2.33. The molecule has 0 amide bonds. The first-order chi connectivity index (χ1) is 6.52. The Balaban J connectivity index is 2.23. The van der Waals surface area contributed by atoms with Crippen LogP contribution in [0.3, 0.4) is 0 Å². The van der Waals surface area contributed by atoms with E-state index in [1.807, 2.05) is 0 Å². The summed E-state index contributed by atoms with van der Waals surface area (Å²) in [6, 6.07) is 0.117. The molecule has 2 aliphatic carbocycles. The average Bonchev–Trinajstić information content (AvgIpc) is 2.61. The van der Waals surface area contributed by atoms with Crippen molar-refractivity contribution in [2.75, 3.05) is 6.26 Å². The minimum Gasteiger partial charge on any atom is -0.229 e. The van der Waals surface area contributed by atoms with Gasteiger partial charge in [0.25, 0.3) is 0 Å². The van der Waals surface area contributed by atoms with Crippen LogP contribution in [-0.2, 0) is 9.84 Å². The first-order valence-electron chi connectivity index (χ1n) is 4.78. The number of hydrogen-bond donors (Lipinski definition) is 0. The van der Waals surface area contributed by atoms with E-state index in [0.29, 0.717) is 5.92 Å². The van der Waals surface area contributed by atoms with Crippen molar-refractivity contribution in [3.05, 3.63) is 0 Å². The Hall–Kier alpha value is -0.250. The number of thiocarbonyl (C=S) groups is 1. The topological polar surface area (TPSA) is 46.5 Å². The van der Waals surface area contributed by atoms with Gasteiger partial charge in [-0.25, -0.2) is 13.4 Å². The summed E-state index contributed by atoms with van der Waals surface area (Å²) in [4.78, 5) is 4.07. The summed E-state index contributed by atoms with van der Waals surface area (Å²) < 4.78 is 23.0. The summed E-state index contributed by atoms with van der Waals surface area (Å²) in [5.41, 5.74) is 0. The van der Waals surface area contributed by atoms with Gasteiger partial charge in [-0.1, -0.05) is 0 Å². The summed E-state index contributed by atoms with van der Waals surface area (Å²) in [6.45, 7) is 0. The molecule has 78 valence electrons. The molecule has 0 spiro atoms. The monoisotopic (exact) mass is 231 g/mol. The predicted molar refractivity (Wildman–Crippen MR) is 58.3 cm³/mol. The molecule has 2 saturated carbocycles. The Morgan fingerprint density at radius 2 is 2.07 bits per heavy atom. The molecule has 2 bridgehead atoms. The van der Waals surface area contributed by atoms with E-state index in [4.69, 9.17) is 0 Å². The molecule has 2 rings (SSSR count). The zero-order valence-electron chi connectivity index (χ0n) is 8.01. The van der Waals surface area contributed by atoms with E-state index in [1.54, 1.807) is 0 Å². The standard InChI is InChI=1S/C9H13NO2S2/c1-14(11,12)9-4-6-2-7(9)8(3-6)10-5-13/h6-9H,2-4H2,1H3/t6?,7?,8?,9-/m1/s1. The summed E-state index contributed by atoms with van der Waals surface area (Å²) in [6.07, 6.45) is 4.16. The number of sulfone groups is 1. The zero-order valence-corrected chi connectivity index (χ0v) is 9.64. The molecule has 2 aliphatic rings. The third kappa shape index (κ3) is 1.64. The Morgan fingerprint density at radius 1 is 1.36 bits per heavy atom. The predicted octanol–water partition coefficient (Wildman–Crippen LogP) is 1.30. The van der Waals surface area contributed by atoms with E-state index < -0.39 is 9.84 Å². The third-order valence-corrected chi connectivity index (χ3v) is 5.23. The number of fused-ring (bicyclic) bond motifs is 2. The van der Waals surface area contributed by atoms with Gasteiger partial charge in [0.2, 0.25) is 0 Å². The minimum absolute atomic E-state index is 0.117. The van der Waals surface area contributed by atoms with E-state index in [9.17, 15) is 8.42 Å². The SMILES string of the molecule is CS(=O)(=O)[C@@H]1CC2CC(N=C=S)C1C2. The number of aliphatic imine (C=N–C) groups is 1. The van der Waals surface area contributed by atoms with Crippen molar-refractivity contribution in [2.24, 2.45) is 16.8 Å². The van der Waals surface area contributed by atoms with Gasteiger partial charge in [-0.05, 0) is 43.3 Å². The molecule has 0 saturated heterocycles. The van der Waals surface area contributed by atoms with Gasteiger partial charge in [-0.2, -0.15) is 0 Å². The van der Waals surface area contributed by atoms with Gasteiger partial charge in [-0.3, -0.25) is 0 Å². The van der Waals surface area contributed by atoms with E-state index in [-0.39, 0.29) is 17.2 Å². The van der Waals surface area contributed by atoms with Crippen LogP contribution in [0.15, 0.2) is 4.99 Å². The highest BCUT2D eigenvalue weighted by molar-refractivity contribution is 7.91. The fourth-order valence-electron chi connectivity index (χ4n) is 2.96. The summed E-state index contributed by atoms with van der Waals surface area (Å²) in [5.74, 6) is 0.738. The number of isothiocyanates is 1. The normalized spacial score (nSPS) is 40.9. The largest absolute Gasteiger partial charge is 0.229 e. The molecule has 2 fully saturated rings. The Bertz CT molecular complexity index is 384. The highest BCUT2D eigenvalue weighted by Crippen LogP contribution is 2.48. The van der Waals surface area contributed by atoms with Crippen molar-refractivity contribution in [1.29, 1.82) is 0 Å². The molecular weight excluding hydrogens is 218 g/mol. The van der Waals surface area contributed by atoms with Crippen molar-refractivity contribution in [3.8, 4) is 0 Å². The highest BCUT2D eigenvalue weighted by atomic mass is 32.2. The van der Waals surface area contributed by atoms with Crippen LogP contribution in [-0.4, -0.2) is 31.1 Å². The molecule has 4 atom stereocenters. The van der Waals surface area contributed by atoms with Gasteiger partial charge in [0.1, 0.15) is 0 Å². The van der Waals surface area contributed by atoms with Crippen LogP contribution in [0.4, 0.5) is 0 Å². The molecule has 3 nitrogen and oxygen atoms in total. The fraction of sp³-hybridized carbons (Fsp3) is 0.889. The van der Waals surface area contributed by atoms with Crippen LogP contribution >= 0.6 is 12.2 Å². The maximum absolute atomic E-state index is 11.5. The van der Waals surface area contributed by atoms with Crippen LogP contribution in [0, 0.1) is 11.8 Å². The van der Waals surface area contributed by atoms with Crippen LogP contribution < -0.4 is 0 Å². The quantitative estimate of drug-likeness (QED) is 0.531. The van der Waals surface area contributed by atoms with Gasteiger partial charge < -0.3 is 0 Å². The van der Waals surface area contributed by atoms with Crippen LogP contribution in [0.2, 0.25) is 0 Å². The first kappa shape index (κ1) is 10.3. The molecule has 0 heterocycles. The number of rotatable bonds is 2. The van der Waals surface area contributed by atoms with Crippen LogP contribution in [0.1, 0.15) is 19.3 Å². The van der Waals surface area contributed by atoms with E-state index in [2.05, 4.69) is 22.4 Å². The maximum atomic E-state index is 11.5. The van der Waals surface area contributed by atoms with E-state index in [0.717, 1.165) is 19.3 Å². The summed E-state index contributed by atoms with van der Waals surface area (Å²) >= 11 is 4.57. The second kappa shape index (κ2) is 3.40. The van der Waals surface area contributed by atoms with Crippen molar-refractivity contribution >= 4 is 27.2 Å². The Kier molecular flexibility index (Phi) is 2.50. The number of nitrogens with zero attached hydrogens (tertiary/aromatic N) is 1. The molecular formula is C9H13NO2S2. The van der Waals surface area contributed by atoms with Gasteiger partial charge in [0.05, 0.1) is 16.5 Å². The fourth-order valence-corrected chi connectivity index (χ4v) is 4.64. The molecule has 0 radical (unpaired) electrons. The maximum Gasteiger partial charge on any atom is 0.150 e. The second-order valence-corrected chi connectivity index (χ2v) is 6.84. The molecule has 0 aromatic rings. The van der Waals surface area contributed by atoms with Gasteiger partial charge in [0.15, 0.2) is 9.84 Å². The lowest BCUT2D eigenvalue weighted by molar-refractivity contribution is 0.416. The van der Waals surface area contributed by atoms with Gasteiger partial charge >= 0.3 is 0 Å². The molecule has 0 aliphatic heterocycles. The Labute approximate surface area is 89.5 Å². The minimum atomic E-state index is -2.91. The van der Waals surface area contributed by atoms with Crippen molar-refractivity contribution < 1.29 is 8.42 Å². The summed E-state index contributed by atoms with van der Waals surface area (Å²) in [7, 11) is -2.91.